The first-order chi connectivity index (χ1) is 22.9. The van der Waals surface area contributed by atoms with Crippen LogP contribution in [-0.4, -0.2) is 116 Å². The van der Waals surface area contributed by atoms with Gasteiger partial charge < -0.3 is 24.6 Å². The molecule has 4 heterocycles. The van der Waals surface area contributed by atoms with E-state index in [0.29, 0.717) is 46.8 Å². The molecule has 0 aliphatic carbocycles. The number of likely N-dealkylation sites (N-methyl/N-ethyl adjacent to an activating group) is 1. The maximum atomic E-state index is 13.5. The summed E-state index contributed by atoms with van der Waals surface area (Å²) in [5.41, 5.74) is 3.14. The second-order valence-corrected chi connectivity index (χ2v) is 12.0. The minimum atomic E-state index is -0.282. The third-order valence-corrected chi connectivity index (χ3v) is 8.75. The molecular formula is C33H39N11O3. The number of hydrogen-bond donors (Lipinski definition) is 1. The van der Waals surface area contributed by atoms with Crippen LogP contribution < -0.4 is 14.8 Å². The number of nitriles is 1. The van der Waals surface area contributed by atoms with Gasteiger partial charge in [0.2, 0.25) is 5.95 Å². The molecule has 2 fully saturated rings. The average molecular weight is 638 g/mol. The highest BCUT2D eigenvalue weighted by Crippen LogP contribution is 2.31. The quantitative estimate of drug-likeness (QED) is 0.272. The predicted octanol–water partition coefficient (Wildman–Crippen LogP) is 3.07. The highest BCUT2D eigenvalue weighted by atomic mass is 16.5. The van der Waals surface area contributed by atoms with Gasteiger partial charge in [-0.15, -0.1) is 5.10 Å². The van der Waals surface area contributed by atoms with Crippen LogP contribution in [0, 0.1) is 11.3 Å². The normalized spacial score (nSPS) is 16.8. The van der Waals surface area contributed by atoms with Gasteiger partial charge in [-0.2, -0.15) is 5.26 Å². The van der Waals surface area contributed by atoms with E-state index in [1.807, 2.05) is 17.9 Å². The molecule has 0 spiro atoms. The van der Waals surface area contributed by atoms with Crippen molar-refractivity contribution in [1.82, 2.24) is 44.9 Å². The van der Waals surface area contributed by atoms with Gasteiger partial charge in [0.25, 0.3) is 5.91 Å². The van der Waals surface area contributed by atoms with Gasteiger partial charge in [0.05, 0.1) is 24.9 Å². The first kappa shape index (κ1) is 31.8. The summed E-state index contributed by atoms with van der Waals surface area (Å²) < 4.78 is 13.2. The largest absolute Gasteiger partial charge is 0.495 e. The van der Waals surface area contributed by atoms with Crippen LogP contribution in [0.4, 0.5) is 11.6 Å². The number of rotatable bonds is 10. The van der Waals surface area contributed by atoms with E-state index in [1.54, 1.807) is 54.5 Å². The van der Waals surface area contributed by atoms with Gasteiger partial charge in [-0.1, -0.05) is 6.07 Å². The summed E-state index contributed by atoms with van der Waals surface area (Å²) >= 11 is 0. The maximum absolute atomic E-state index is 13.5. The van der Waals surface area contributed by atoms with E-state index in [4.69, 9.17) is 9.47 Å². The summed E-state index contributed by atoms with van der Waals surface area (Å²) in [7, 11) is 3.76. The summed E-state index contributed by atoms with van der Waals surface area (Å²) in [5, 5.41) is 24.0. The molecule has 1 N–H and O–H groups in total. The second-order valence-electron chi connectivity index (χ2n) is 12.0. The molecule has 0 bridgehead atoms. The molecule has 1 amide bonds. The highest BCUT2D eigenvalue weighted by Gasteiger charge is 2.29. The molecule has 244 valence electrons. The summed E-state index contributed by atoms with van der Waals surface area (Å²) in [6, 6.07) is 13.4. The lowest BCUT2D eigenvalue weighted by Crippen LogP contribution is -2.52. The van der Waals surface area contributed by atoms with Crippen LogP contribution in [0.15, 0.2) is 55.1 Å². The number of likely N-dealkylation sites (tertiary alicyclic amines) is 1. The Labute approximate surface area is 273 Å². The number of aromatic nitrogens is 6. The first-order valence-corrected chi connectivity index (χ1v) is 15.8. The van der Waals surface area contributed by atoms with E-state index in [0.717, 1.165) is 63.2 Å². The number of methoxy groups -OCH3 is 1. The fourth-order valence-corrected chi connectivity index (χ4v) is 6.08. The smallest absolute Gasteiger partial charge is 0.253 e. The topological polar surface area (TPSA) is 150 Å². The molecule has 0 radical (unpaired) electrons. The summed E-state index contributed by atoms with van der Waals surface area (Å²) in [5.74, 6) is 1.38. The van der Waals surface area contributed by atoms with Gasteiger partial charge in [0, 0.05) is 68.8 Å². The van der Waals surface area contributed by atoms with Crippen molar-refractivity contribution >= 4 is 17.5 Å². The Morgan fingerprint density at radius 2 is 1.79 bits per heavy atom. The Kier molecular flexibility index (Phi) is 9.84. The number of amides is 1. The average Bonchev–Trinajstić information content (AvgIpc) is 3.61. The van der Waals surface area contributed by atoms with Crippen LogP contribution in [0.5, 0.6) is 11.5 Å². The minimum absolute atomic E-state index is 0.00918. The SMILES string of the molecule is COc1ccc(C(=O)N2CCC(N3CCN(C)CC3)CC2)cc1Nc1ncc(-c2ccc(C#N)c(O[C@@H](C)Cn3cnnn3)c2)cn1. The number of nitrogens with one attached hydrogen (secondary N) is 1. The van der Waals surface area contributed by atoms with Crippen LogP contribution >= 0.6 is 0 Å². The van der Waals surface area contributed by atoms with Gasteiger partial charge in [0.1, 0.15) is 30.0 Å². The zero-order valence-corrected chi connectivity index (χ0v) is 26.9. The van der Waals surface area contributed by atoms with Crippen molar-refractivity contribution in [3.63, 3.8) is 0 Å². The van der Waals surface area contributed by atoms with E-state index in [2.05, 4.69) is 53.7 Å². The molecule has 2 aromatic heterocycles. The zero-order valence-electron chi connectivity index (χ0n) is 26.9. The Hall–Kier alpha value is -5.13. The third-order valence-electron chi connectivity index (χ3n) is 8.75. The number of ether oxygens (including phenoxy) is 2. The van der Waals surface area contributed by atoms with E-state index in [-0.39, 0.29) is 12.0 Å². The number of carbonyl (C=O) groups excluding carboxylic acids is 1. The molecule has 2 saturated heterocycles. The van der Waals surface area contributed by atoms with Crippen molar-refractivity contribution < 1.29 is 14.3 Å². The molecule has 2 aromatic carbocycles. The summed E-state index contributed by atoms with van der Waals surface area (Å²) in [6.07, 6.45) is 6.59. The van der Waals surface area contributed by atoms with Gasteiger partial charge in [-0.05, 0) is 73.1 Å². The third kappa shape index (κ3) is 7.65. The molecule has 2 aliphatic rings. The van der Waals surface area contributed by atoms with E-state index >= 15 is 0 Å². The molecule has 14 heteroatoms. The Balaban J connectivity index is 1.11. The lowest BCUT2D eigenvalue weighted by molar-refractivity contribution is 0.0519. The number of piperidine rings is 1. The molecule has 47 heavy (non-hydrogen) atoms. The fourth-order valence-electron chi connectivity index (χ4n) is 6.08. The van der Waals surface area contributed by atoms with E-state index in [1.165, 1.54) is 6.33 Å². The minimum Gasteiger partial charge on any atom is -0.495 e. The molecule has 14 nitrogen and oxygen atoms in total. The summed E-state index contributed by atoms with van der Waals surface area (Å²) in [4.78, 5) is 29.5. The number of benzene rings is 2. The molecule has 2 aliphatic heterocycles. The van der Waals surface area contributed by atoms with Crippen LogP contribution in [0.1, 0.15) is 35.7 Å². The van der Waals surface area contributed by atoms with Crippen molar-refractivity contribution in [1.29, 1.82) is 5.26 Å². The van der Waals surface area contributed by atoms with Crippen LogP contribution in [0.2, 0.25) is 0 Å². The van der Waals surface area contributed by atoms with Crippen LogP contribution in [0.25, 0.3) is 11.1 Å². The Bertz CT molecular complexity index is 1690. The monoisotopic (exact) mass is 637 g/mol. The van der Waals surface area contributed by atoms with E-state index in [9.17, 15) is 10.1 Å². The van der Waals surface area contributed by atoms with Gasteiger partial charge in [-0.25, -0.2) is 14.6 Å². The van der Waals surface area contributed by atoms with Crippen molar-refractivity contribution in [2.75, 3.05) is 58.7 Å². The molecule has 0 unspecified atom stereocenters. The van der Waals surface area contributed by atoms with Gasteiger partial charge in [0.15, 0.2) is 0 Å². The lowest BCUT2D eigenvalue weighted by atomic mass is 10.0. The van der Waals surface area contributed by atoms with Crippen molar-refractivity contribution in [3.05, 3.63) is 66.2 Å². The van der Waals surface area contributed by atoms with Gasteiger partial charge in [-0.3, -0.25) is 9.69 Å². The predicted molar refractivity (Wildman–Crippen MR) is 174 cm³/mol. The van der Waals surface area contributed by atoms with Crippen LogP contribution in [-0.2, 0) is 6.54 Å². The number of tetrazole rings is 1. The Morgan fingerprint density at radius 3 is 2.47 bits per heavy atom. The standard InChI is InChI=1S/C33H39N11O3/c1-23(21-44-22-37-39-40-44)47-31-17-24(4-5-26(31)18-34)27-19-35-33(36-20-27)38-29-16-25(6-7-30(29)46-3)32(45)43-10-8-28(9-11-43)42-14-12-41(2)13-15-42/h4-7,16-17,19-20,22-23,28H,8-15,21H2,1-3H3,(H,35,36,38)/t23-/m0/s1. The molecular weight excluding hydrogens is 598 g/mol. The first-order valence-electron chi connectivity index (χ1n) is 15.8. The maximum Gasteiger partial charge on any atom is 0.253 e. The van der Waals surface area contributed by atoms with Gasteiger partial charge >= 0.3 is 0 Å². The van der Waals surface area contributed by atoms with E-state index < -0.39 is 0 Å². The highest BCUT2D eigenvalue weighted by molar-refractivity contribution is 5.96. The number of anilines is 2. The molecule has 1 atom stereocenters. The lowest BCUT2D eigenvalue weighted by Gasteiger charge is -2.42. The summed E-state index contributed by atoms with van der Waals surface area (Å²) in [6.45, 7) is 8.19. The molecule has 4 aromatic rings. The number of carbonyl (C=O) groups is 1. The van der Waals surface area contributed by atoms with Crippen LogP contribution in [0.3, 0.4) is 0 Å². The van der Waals surface area contributed by atoms with Crippen molar-refractivity contribution in [2.24, 2.45) is 0 Å². The fraction of sp³-hybridized carbons (Fsp3) is 0.424. The number of nitrogens with zero attached hydrogens (tertiary/aromatic N) is 10. The zero-order chi connectivity index (χ0) is 32.8. The molecule has 6 rings (SSSR count). The number of hydrogen-bond acceptors (Lipinski definition) is 12. The Morgan fingerprint density at radius 1 is 1.02 bits per heavy atom. The van der Waals surface area contributed by atoms with Crippen molar-refractivity contribution in [3.8, 4) is 28.7 Å². The van der Waals surface area contributed by atoms with Crippen molar-refractivity contribution in [2.45, 2.75) is 38.5 Å². The second kappa shape index (κ2) is 14.5. The molecule has 0 saturated carbocycles. The number of piperazine rings is 1.